The molecule has 0 bridgehead atoms. The largest absolute Gasteiger partial charge is 0.472 e. The van der Waals surface area contributed by atoms with E-state index in [9.17, 15) is 19.0 Å². The van der Waals surface area contributed by atoms with Crippen LogP contribution in [0.2, 0.25) is 0 Å². The van der Waals surface area contributed by atoms with Gasteiger partial charge in [0.05, 0.1) is 13.2 Å². The molecule has 61 heavy (non-hydrogen) atoms. The van der Waals surface area contributed by atoms with Crippen LogP contribution in [0.15, 0.2) is 72.9 Å². The summed E-state index contributed by atoms with van der Waals surface area (Å²) < 4.78 is 32.9. The highest BCUT2D eigenvalue weighted by atomic mass is 31.2. The first-order valence-electron chi connectivity index (χ1n) is 24.4. The summed E-state index contributed by atoms with van der Waals surface area (Å²) in [6, 6.07) is 0. The van der Waals surface area contributed by atoms with E-state index in [1.165, 1.54) is 77.0 Å². The van der Waals surface area contributed by atoms with Crippen molar-refractivity contribution in [3.05, 3.63) is 72.9 Å². The van der Waals surface area contributed by atoms with Crippen molar-refractivity contribution in [1.29, 1.82) is 0 Å². The Kier molecular flexibility index (Phi) is 45.0. The highest BCUT2D eigenvalue weighted by molar-refractivity contribution is 7.47. The van der Waals surface area contributed by atoms with Crippen molar-refractivity contribution in [1.82, 2.24) is 0 Å². The van der Waals surface area contributed by atoms with Crippen LogP contribution in [-0.2, 0) is 32.7 Å². The van der Waals surface area contributed by atoms with E-state index in [0.29, 0.717) is 12.8 Å². The number of ether oxygens (including phenoxy) is 2. The highest BCUT2D eigenvalue weighted by Crippen LogP contribution is 2.43. The Labute approximate surface area is 373 Å². The van der Waals surface area contributed by atoms with E-state index in [1.807, 2.05) is 0 Å². The average molecular weight is 876 g/mol. The lowest BCUT2D eigenvalue weighted by molar-refractivity contribution is -0.161. The van der Waals surface area contributed by atoms with Gasteiger partial charge >= 0.3 is 19.8 Å². The van der Waals surface area contributed by atoms with Gasteiger partial charge in [-0.1, -0.05) is 183 Å². The van der Waals surface area contributed by atoms with E-state index in [1.54, 1.807) is 0 Å². The summed E-state index contributed by atoms with van der Waals surface area (Å²) in [6.07, 6.45) is 57.9. The molecule has 0 aliphatic heterocycles. The minimum Gasteiger partial charge on any atom is -0.462 e. The van der Waals surface area contributed by atoms with Crippen LogP contribution in [-0.4, -0.2) is 49.3 Å². The molecule has 0 fully saturated rings. The van der Waals surface area contributed by atoms with Crippen LogP contribution in [0.3, 0.4) is 0 Å². The molecule has 2 atom stereocenters. The molecule has 0 rings (SSSR count). The molecular weight excluding hydrogens is 786 g/mol. The zero-order valence-electron chi connectivity index (χ0n) is 38.9. The summed E-state index contributed by atoms with van der Waals surface area (Å²) in [5.41, 5.74) is 5.36. The van der Waals surface area contributed by atoms with Gasteiger partial charge in [-0.05, 0) is 83.5 Å². The van der Waals surface area contributed by atoms with E-state index >= 15 is 0 Å². The Bertz CT molecular complexity index is 1230. The lowest BCUT2D eigenvalue weighted by Gasteiger charge is -2.19. The van der Waals surface area contributed by atoms with E-state index in [2.05, 4.69) is 86.8 Å². The fourth-order valence-corrected chi connectivity index (χ4v) is 7.24. The molecule has 0 aliphatic rings. The first-order valence-corrected chi connectivity index (χ1v) is 25.9. The number of hydrogen-bond donors (Lipinski definition) is 2. The number of unbranched alkanes of at least 4 members (excludes halogenated alkanes) is 20. The van der Waals surface area contributed by atoms with Crippen LogP contribution in [0, 0.1) is 0 Å². The summed E-state index contributed by atoms with van der Waals surface area (Å²) in [4.78, 5) is 35.0. The van der Waals surface area contributed by atoms with Gasteiger partial charge in [0, 0.05) is 19.4 Å². The van der Waals surface area contributed by atoms with E-state index in [-0.39, 0.29) is 32.6 Å². The molecule has 3 N–H and O–H groups in total. The zero-order chi connectivity index (χ0) is 44.6. The number of rotatable bonds is 45. The topological polar surface area (TPSA) is 134 Å². The van der Waals surface area contributed by atoms with E-state index in [0.717, 1.165) is 89.9 Å². The maximum Gasteiger partial charge on any atom is 0.472 e. The van der Waals surface area contributed by atoms with E-state index < -0.39 is 32.5 Å². The standard InChI is InChI=1S/C51H90NO8P/c1-3-5-7-9-11-13-15-17-19-20-21-22-23-24-25-26-27-28-30-32-34-36-38-40-42-44-51(54)60-49(48-59-61(55,56)58-46-45-52)47-57-50(53)43-41-39-37-35-33-31-29-18-16-14-12-10-8-6-4-2/h6,8,12,14-15,17-18,20-21,23-24,29,49H,3-5,7,9-11,13,16,19,22,25-28,30-48,52H2,1-2H3,(H,55,56)/b8-6-,14-12-,17-15-,21-20-,24-23-,29-18-. The number of phosphoric ester groups is 1. The summed E-state index contributed by atoms with van der Waals surface area (Å²) in [6.45, 7) is 3.59. The molecule has 0 aromatic carbocycles. The Morgan fingerprint density at radius 3 is 1.34 bits per heavy atom. The van der Waals surface area contributed by atoms with Gasteiger partial charge < -0.3 is 20.1 Å². The quantitative estimate of drug-likeness (QED) is 0.0265. The molecule has 0 amide bonds. The Hall–Kier alpha value is -2.55. The smallest absolute Gasteiger partial charge is 0.462 e. The first kappa shape index (κ1) is 58.5. The third kappa shape index (κ3) is 46.8. The number of allylic oxidation sites excluding steroid dienone is 12. The molecule has 9 nitrogen and oxygen atoms in total. The number of phosphoric acid groups is 1. The fourth-order valence-electron chi connectivity index (χ4n) is 6.48. The van der Waals surface area contributed by atoms with Crippen LogP contribution in [0.1, 0.15) is 206 Å². The number of nitrogens with two attached hydrogens (primary N) is 1. The van der Waals surface area contributed by atoms with Crippen molar-refractivity contribution >= 4 is 19.8 Å². The number of carbonyl (C=O) groups excluding carboxylic acids is 2. The SMILES string of the molecule is CC/C=C\C/C=C\C/C=C\CCCCCCCC(=O)OCC(COP(=O)(O)OCCN)OC(=O)CCCCCCCCCCCC/C=C\C/C=C\C/C=C\CCCCCCC. The molecule has 0 saturated heterocycles. The van der Waals surface area contributed by atoms with Gasteiger partial charge in [0.15, 0.2) is 6.10 Å². The average Bonchev–Trinajstić information content (AvgIpc) is 3.25. The molecule has 0 aromatic rings. The second-order valence-corrected chi connectivity index (χ2v) is 17.4. The Morgan fingerprint density at radius 1 is 0.508 bits per heavy atom. The molecule has 0 aliphatic carbocycles. The fraction of sp³-hybridized carbons (Fsp3) is 0.725. The molecule has 352 valence electrons. The van der Waals surface area contributed by atoms with Crippen molar-refractivity contribution in [2.24, 2.45) is 5.73 Å². The Morgan fingerprint density at radius 2 is 0.902 bits per heavy atom. The van der Waals surface area contributed by atoms with E-state index in [4.69, 9.17) is 24.3 Å². The number of hydrogen-bond acceptors (Lipinski definition) is 8. The van der Waals surface area contributed by atoms with Gasteiger partial charge in [-0.2, -0.15) is 0 Å². The Balaban J connectivity index is 4.08. The minimum absolute atomic E-state index is 0.0469. The lowest BCUT2D eigenvalue weighted by Crippen LogP contribution is -2.29. The van der Waals surface area contributed by atoms with Crippen LogP contribution in [0.5, 0.6) is 0 Å². The van der Waals surface area contributed by atoms with Crippen LogP contribution in [0.25, 0.3) is 0 Å². The summed E-state index contributed by atoms with van der Waals surface area (Å²) in [5, 5.41) is 0. The molecule has 2 unspecified atom stereocenters. The molecule has 10 heteroatoms. The van der Waals surface area contributed by atoms with Gasteiger partial charge in [0.25, 0.3) is 0 Å². The van der Waals surface area contributed by atoms with Crippen molar-refractivity contribution in [3.63, 3.8) is 0 Å². The summed E-state index contributed by atoms with van der Waals surface area (Å²) >= 11 is 0. The van der Waals surface area contributed by atoms with Gasteiger partial charge in [-0.25, -0.2) is 4.57 Å². The predicted molar refractivity (Wildman–Crippen MR) is 256 cm³/mol. The molecule has 0 saturated carbocycles. The summed E-state index contributed by atoms with van der Waals surface area (Å²) in [5.74, 6) is -0.855. The minimum atomic E-state index is -4.39. The van der Waals surface area contributed by atoms with Crippen molar-refractivity contribution in [2.45, 2.75) is 213 Å². The maximum absolute atomic E-state index is 12.6. The van der Waals surface area contributed by atoms with Crippen molar-refractivity contribution < 1.29 is 37.6 Å². The van der Waals surface area contributed by atoms with Crippen molar-refractivity contribution in [2.75, 3.05) is 26.4 Å². The van der Waals surface area contributed by atoms with Crippen LogP contribution in [0.4, 0.5) is 0 Å². The zero-order valence-corrected chi connectivity index (χ0v) is 39.8. The van der Waals surface area contributed by atoms with Gasteiger partial charge in [0.2, 0.25) is 0 Å². The van der Waals surface area contributed by atoms with Crippen molar-refractivity contribution in [3.8, 4) is 0 Å². The number of carbonyl (C=O) groups is 2. The monoisotopic (exact) mass is 876 g/mol. The first-order chi connectivity index (χ1) is 29.8. The number of esters is 2. The molecule has 0 heterocycles. The maximum atomic E-state index is 12.6. The molecule has 0 spiro atoms. The highest BCUT2D eigenvalue weighted by Gasteiger charge is 2.26. The molecule has 0 radical (unpaired) electrons. The van der Waals surface area contributed by atoms with Crippen LogP contribution >= 0.6 is 7.82 Å². The van der Waals surface area contributed by atoms with Gasteiger partial charge in [-0.3, -0.25) is 18.6 Å². The van der Waals surface area contributed by atoms with Gasteiger partial charge in [-0.15, -0.1) is 0 Å². The normalized spacial score (nSPS) is 13.8. The molecular formula is C51H90NO8P. The second-order valence-electron chi connectivity index (χ2n) is 15.9. The van der Waals surface area contributed by atoms with Gasteiger partial charge in [0.1, 0.15) is 6.61 Å². The lowest BCUT2D eigenvalue weighted by atomic mass is 10.0. The van der Waals surface area contributed by atoms with Crippen LogP contribution < -0.4 is 5.73 Å². The summed E-state index contributed by atoms with van der Waals surface area (Å²) in [7, 11) is -4.39. The molecule has 0 aromatic heterocycles. The third-order valence-electron chi connectivity index (χ3n) is 10.1. The third-order valence-corrected chi connectivity index (χ3v) is 11.1. The second kappa shape index (κ2) is 46.9. The predicted octanol–water partition coefficient (Wildman–Crippen LogP) is 14.6.